The highest BCUT2D eigenvalue weighted by molar-refractivity contribution is 8.04. The van der Waals surface area contributed by atoms with Crippen LogP contribution in [0.5, 0.6) is 5.75 Å². The minimum absolute atomic E-state index is 0.0145. The van der Waals surface area contributed by atoms with E-state index in [1.165, 1.54) is 17.8 Å². The second kappa shape index (κ2) is 6.26. The van der Waals surface area contributed by atoms with Crippen LogP contribution >= 0.6 is 11.8 Å². The van der Waals surface area contributed by atoms with E-state index in [1.807, 2.05) is 13.0 Å². The summed E-state index contributed by atoms with van der Waals surface area (Å²) in [6.07, 6.45) is 1.57. The van der Waals surface area contributed by atoms with Gasteiger partial charge >= 0.3 is 0 Å². The lowest BCUT2D eigenvalue weighted by atomic mass is 10.1. The smallest absolute Gasteiger partial charge is 0.276 e. The number of fused-ring (bicyclic) bond motifs is 1. The average Bonchev–Trinajstić information content (AvgIpc) is 2.84. The quantitative estimate of drug-likeness (QED) is 0.475. The first-order chi connectivity index (χ1) is 11.1. The molecule has 23 heavy (non-hydrogen) atoms. The molecule has 5 nitrogen and oxygen atoms in total. The molecule has 0 spiro atoms. The Morgan fingerprint density at radius 2 is 2.04 bits per heavy atom. The summed E-state index contributed by atoms with van der Waals surface area (Å²) >= 11 is 1.31. The summed E-state index contributed by atoms with van der Waals surface area (Å²) in [5.74, 6) is 0.588. The SMILES string of the molecule is CCOc1ccc2c(c1)S/C(=C/c1ccccc1[N+](=O)[O-])C2=O. The van der Waals surface area contributed by atoms with Crippen LogP contribution in [-0.2, 0) is 0 Å². The maximum atomic E-state index is 12.5. The zero-order valence-electron chi connectivity index (χ0n) is 12.3. The number of carbonyl (C=O) groups is 1. The van der Waals surface area contributed by atoms with Crippen LogP contribution in [0.2, 0.25) is 0 Å². The van der Waals surface area contributed by atoms with E-state index in [9.17, 15) is 14.9 Å². The molecule has 2 aromatic rings. The second-order valence-electron chi connectivity index (χ2n) is 4.85. The number of ketones is 1. The number of nitrogens with zero attached hydrogens (tertiary/aromatic N) is 1. The molecule has 0 aliphatic carbocycles. The van der Waals surface area contributed by atoms with Gasteiger partial charge in [-0.25, -0.2) is 0 Å². The number of ether oxygens (including phenoxy) is 1. The lowest BCUT2D eigenvalue weighted by Gasteiger charge is -2.03. The Labute approximate surface area is 137 Å². The van der Waals surface area contributed by atoms with Crippen molar-refractivity contribution in [1.29, 1.82) is 0 Å². The molecule has 1 heterocycles. The highest BCUT2D eigenvalue weighted by Crippen LogP contribution is 2.43. The molecular weight excluding hydrogens is 314 g/mol. The summed E-state index contributed by atoms with van der Waals surface area (Å²) in [5, 5.41) is 11.1. The van der Waals surface area contributed by atoms with Crippen molar-refractivity contribution in [1.82, 2.24) is 0 Å². The van der Waals surface area contributed by atoms with E-state index in [4.69, 9.17) is 4.74 Å². The van der Waals surface area contributed by atoms with Gasteiger partial charge in [0.1, 0.15) is 5.75 Å². The number of benzene rings is 2. The first-order valence-electron chi connectivity index (χ1n) is 7.04. The molecule has 0 aromatic heterocycles. The number of carbonyl (C=O) groups excluding carboxylic acids is 1. The van der Waals surface area contributed by atoms with Crippen LogP contribution in [-0.4, -0.2) is 17.3 Å². The number of allylic oxidation sites excluding steroid dienone is 1. The standard InChI is InChI=1S/C17H13NO4S/c1-2-22-12-7-8-13-15(10-12)23-16(17(13)19)9-11-5-3-4-6-14(11)18(20)21/h3-10H,2H2,1H3/b16-9+. The Kier molecular flexibility index (Phi) is 4.16. The normalized spacial score (nSPS) is 14.8. The van der Waals surface area contributed by atoms with Gasteiger partial charge < -0.3 is 4.74 Å². The van der Waals surface area contributed by atoms with Crippen molar-refractivity contribution in [2.75, 3.05) is 6.61 Å². The molecule has 0 unspecified atom stereocenters. The summed E-state index contributed by atoms with van der Waals surface area (Å²) in [6, 6.07) is 11.7. The maximum Gasteiger partial charge on any atom is 0.276 e. The van der Waals surface area contributed by atoms with Gasteiger partial charge in [0, 0.05) is 16.5 Å². The summed E-state index contributed by atoms with van der Waals surface area (Å²) in [7, 11) is 0. The molecular formula is C17H13NO4S. The van der Waals surface area contributed by atoms with Gasteiger partial charge in [-0.3, -0.25) is 14.9 Å². The fourth-order valence-electron chi connectivity index (χ4n) is 2.34. The highest BCUT2D eigenvalue weighted by atomic mass is 32.2. The molecule has 6 heteroatoms. The van der Waals surface area contributed by atoms with Gasteiger partial charge in [0.25, 0.3) is 5.69 Å². The topological polar surface area (TPSA) is 69.4 Å². The van der Waals surface area contributed by atoms with E-state index in [0.29, 0.717) is 28.4 Å². The molecule has 0 saturated carbocycles. The van der Waals surface area contributed by atoms with Crippen LogP contribution in [0.3, 0.4) is 0 Å². The van der Waals surface area contributed by atoms with Crippen molar-refractivity contribution in [3.63, 3.8) is 0 Å². The molecule has 1 aliphatic rings. The minimum Gasteiger partial charge on any atom is -0.494 e. The van der Waals surface area contributed by atoms with Crippen molar-refractivity contribution in [3.8, 4) is 5.75 Å². The van der Waals surface area contributed by atoms with Gasteiger partial charge in [-0.05, 0) is 37.3 Å². The first kappa shape index (κ1) is 15.3. The third-order valence-corrected chi connectivity index (χ3v) is 4.45. The zero-order chi connectivity index (χ0) is 16.4. The molecule has 0 saturated heterocycles. The van der Waals surface area contributed by atoms with Crippen molar-refractivity contribution in [3.05, 3.63) is 68.6 Å². The summed E-state index contributed by atoms with van der Waals surface area (Å²) in [4.78, 5) is 24.4. The molecule has 0 radical (unpaired) electrons. The first-order valence-corrected chi connectivity index (χ1v) is 7.86. The predicted molar refractivity (Wildman–Crippen MR) is 88.9 cm³/mol. The fourth-order valence-corrected chi connectivity index (χ4v) is 3.41. The minimum atomic E-state index is -0.448. The number of rotatable bonds is 4. The summed E-state index contributed by atoms with van der Waals surface area (Å²) in [5.41, 5.74) is 1.01. The van der Waals surface area contributed by atoms with E-state index < -0.39 is 4.92 Å². The molecule has 1 aliphatic heterocycles. The summed E-state index contributed by atoms with van der Waals surface area (Å²) < 4.78 is 5.44. The molecule has 0 fully saturated rings. The lowest BCUT2D eigenvalue weighted by molar-refractivity contribution is -0.385. The lowest BCUT2D eigenvalue weighted by Crippen LogP contribution is -1.96. The number of nitro benzene ring substituents is 1. The number of hydrogen-bond donors (Lipinski definition) is 0. The van der Waals surface area contributed by atoms with Crippen molar-refractivity contribution >= 4 is 29.3 Å². The number of nitro groups is 1. The molecule has 0 bridgehead atoms. The van der Waals surface area contributed by atoms with Crippen molar-refractivity contribution in [2.24, 2.45) is 0 Å². The van der Waals surface area contributed by atoms with E-state index in [-0.39, 0.29) is 11.5 Å². The fraction of sp³-hybridized carbons (Fsp3) is 0.118. The van der Waals surface area contributed by atoms with Crippen LogP contribution in [0.1, 0.15) is 22.8 Å². The van der Waals surface area contributed by atoms with Gasteiger partial charge in [-0.15, -0.1) is 0 Å². The third kappa shape index (κ3) is 2.98. The van der Waals surface area contributed by atoms with Crippen LogP contribution in [0.15, 0.2) is 52.3 Å². The Morgan fingerprint density at radius 3 is 2.78 bits per heavy atom. The largest absolute Gasteiger partial charge is 0.494 e. The van der Waals surface area contributed by atoms with Crippen molar-refractivity contribution in [2.45, 2.75) is 11.8 Å². The Bertz CT molecular complexity index is 829. The monoisotopic (exact) mass is 327 g/mol. The van der Waals surface area contributed by atoms with E-state index >= 15 is 0 Å². The Morgan fingerprint density at radius 1 is 1.26 bits per heavy atom. The van der Waals surface area contributed by atoms with E-state index in [1.54, 1.807) is 36.4 Å². The molecule has 116 valence electrons. The highest BCUT2D eigenvalue weighted by Gasteiger charge is 2.27. The van der Waals surface area contributed by atoms with Gasteiger partial charge in [0.2, 0.25) is 5.78 Å². The van der Waals surface area contributed by atoms with Gasteiger partial charge in [0.05, 0.1) is 22.0 Å². The number of hydrogen-bond acceptors (Lipinski definition) is 5. The zero-order valence-corrected chi connectivity index (χ0v) is 13.1. The van der Waals surface area contributed by atoms with Gasteiger partial charge in [-0.2, -0.15) is 0 Å². The average molecular weight is 327 g/mol. The molecule has 0 amide bonds. The number of para-hydroxylation sites is 1. The maximum absolute atomic E-state index is 12.5. The number of Topliss-reactive ketones (excluding diaryl/α,β-unsaturated/α-hetero) is 1. The van der Waals surface area contributed by atoms with Gasteiger partial charge in [-0.1, -0.05) is 23.9 Å². The van der Waals surface area contributed by atoms with E-state index in [0.717, 1.165) is 4.90 Å². The van der Waals surface area contributed by atoms with Crippen LogP contribution < -0.4 is 4.74 Å². The third-order valence-electron chi connectivity index (χ3n) is 3.37. The second-order valence-corrected chi connectivity index (χ2v) is 5.93. The van der Waals surface area contributed by atoms with E-state index in [2.05, 4.69) is 0 Å². The summed E-state index contributed by atoms with van der Waals surface area (Å²) in [6.45, 7) is 2.45. The van der Waals surface area contributed by atoms with Gasteiger partial charge in [0.15, 0.2) is 0 Å². The molecule has 0 N–H and O–H groups in total. The van der Waals surface area contributed by atoms with Crippen LogP contribution in [0.4, 0.5) is 5.69 Å². The number of thioether (sulfide) groups is 1. The van der Waals surface area contributed by atoms with Crippen LogP contribution in [0, 0.1) is 10.1 Å². The molecule has 2 aromatic carbocycles. The Hall–Kier alpha value is -2.60. The Balaban J connectivity index is 1.97. The molecule has 0 atom stereocenters. The van der Waals surface area contributed by atoms with Crippen molar-refractivity contribution < 1.29 is 14.5 Å². The predicted octanol–water partition coefficient (Wildman–Crippen LogP) is 4.32. The molecule has 3 rings (SSSR count). The van der Waals surface area contributed by atoms with Crippen LogP contribution in [0.25, 0.3) is 6.08 Å².